The molecule has 0 saturated carbocycles. The Morgan fingerprint density at radius 1 is 1.08 bits per heavy atom. The van der Waals surface area contributed by atoms with E-state index < -0.39 is 0 Å². The van der Waals surface area contributed by atoms with Crippen LogP contribution in [0, 0.1) is 0 Å². The predicted molar refractivity (Wildman–Crippen MR) is 89.8 cm³/mol. The zero-order valence-electron chi connectivity index (χ0n) is 13.5. The van der Waals surface area contributed by atoms with E-state index in [9.17, 15) is 9.59 Å². The van der Waals surface area contributed by atoms with Crippen molar-refractivity contribution in [2.45, 2.75) is 6.54 Å². The van der Waals surface area contributed by atoms with Crippen LogP contribution < -0.4 is 0 Å². The quantitative estimate of drug-likeness (QED) is 0.690. The summed E-state index contributed by atoms with van der Waals surface area (Å²) in [7, 11) is 3.06. The summed E-state index contributed by atoms with van der Waals surface area (Å²) in [5.41, 5.74) is 2.08. The van der Waals surface area contributed by atoms with Gasteiger partial charge in [-0.3, -0.25) is 4.79 Å². The maximum absolute atomic E-state index is 12.5. The number of hydrogen-bond acceptors (Lipinski definition) is 4. The number of amides is 1. The Labute approximate surface area is 139 Å². The summed E-state index contributed by atoms with van der Waals surface area (Å²) < 4.78 is 10.3. The molecule has 0 radical (unpaired) electrons. The molecule has 1 aromatic heterocycles. The van der Waals surface area contributed by atoms with Gasteiger partial charge in [-0.2, -0.15) is 0 Å². The van der Waals surface area contributed by atoms with Gasteiger partial charge in [-0.25, -0.2) is 4.79 Å². The molecule has 1 heterocycles. The maximum atomic E-state index is 12.5. The summed E-state index contributed by atoms with van der Waals surface area (Å²) in [6, 6.07) is 16.2. The lowest BCUT2D eigenvalue weighted by atomic mass is 10.1. The number of nitrogens with zero attached hydrogens (tertiary/aromatic N) is 1. The minimum atomic E-state index is -0.381. The molecule has 122 valence electrons. The molecule has 24 heavy (non-hydrogen) atoms. The van der Waals surface area contributed by atoms with Gasteiger partial charge in [0.2, 0.25) is 0 Å². The predicted octanol–water partition coefficient (Wildman–Crippen LogP) is 3.49. The second kappa shape index (κ2) is 6.58. The fourth-order valence-electron chi connectivity index (χ4n) is 2.49. The number of hydrogen-bond donors (Lipinski definition) is 0. The number of rotatable bonds is 4. The van der Waals surface area contributed by atoms with Gasteiger partial charge >= 0.3 is 5.97 Å². The normalized spacial score (nSPS) is 10.6. The lowest BCUT2D eigenvalue weighted by molar-refractivity contribution is 0.0600. The highest BCUT2D eigenvalue weighted by atomic mass is 16.5. The van der Waals surface area contributed by atoms with E-state index in [4.69, 9.17) is 4.42 Å². The summed E-state index contributed by atoms with van der Waals surface area (Å²) in [6.45, 7) is 0.414. The highest BCUT2D eigenvalue weighted by Gasteiger charge is 2.17. The highest BCUT2D eigenvalue weighted by Crippen LogP contribution is 2.20. The molecule has 0 bridgehead atoms. The zero-order valence-corrected chi connectivity index (χ0v) is 13.5. The number of carbonyl (C=O) groups excluding carboxylic acids is 2. The van der Waals surface area contributed by atoms with Crippen LogP contribution in [0.2, 0.25) is 0 Å². The molecule has 5 heteroatoms. The van der Waals surface area contributed by atoms with E-state index in [0.717, 1.165) is 10.9 Å². The van der Waals surface area contributed by atoms with Gasteiger partial charge in [0, 0.05) is 19.0 Å². The van der Waals surface area contributed by atoms with Crippen molar-refractivity contribution in [3.05, 3.63) is 71.5 Å². The number of ether oxygens (including phenoxy) is 1. The van der Waals surface area contributed by atoms with Gasteiger partial charge in [-0.05, 0) is 29.8 Å². The first-order chi connectivity index (χ1) is 11.6. The van der Waals surface area contributed by atoms with Crippen molar-refractivity contribution >= 4 is 22.8 Å². The first-order valence-electron chi connectivity index (χ1n) is 7.50. The molecule has 0 aliphatic heterocycles. The Hall–Kier alpha value is -3.08. The van der Waals surface area contributed by atoms with Gasteiger partial charge in [0.25, 0.3) is 5.91 Å². The molecule has 0 atom stereocenters. The smallest absolute Gasteiger partial charge is 0.337 e. The minimum Gasteiger partial charge on any atom is -0.465 e. The molecule has 5 nitrogen and oxygen atoms in total. The molecule has 0 fully saturated rings. The van der Waals surface area contributed by atoms with Crippen LogP contribution in [0.5, 0.6) is 0 Å². The van der Waals surface area contributed by atoms with Crippen molar-refractivity contribution in [1.29, 1.82) is 0 Å². The van der Waals surface area contributed by atoms with Crippen LogP contribution in [-0.2, 0) is 11.3 Å². The second-order valence-corrected chi connectivity index (χ2v) is 5.50. The highest BCUT2D eigenvalue weighted by molar-refractivity contribution is 5.96. The van der Waals surface area contributed by atoms with Crippen LogP contribution >= 0.6 is 0 Å². The molecule has 2 aromatic carbocycles. The van der Waals surface area contributed by atoms with Crippen LogP contribution in [0.1, 0.15) is 26.5 Å². The van der Waals surface area contributed by atoms with Crippen molar-refractivity contribution in [3.8, 4) is 0 Å². The molecule has 0 saturated heterocycles. The van der Waals surface area contributed by atoms with E-state index >= 15 is 0 Å². The minimum absolute atomic E-state index is 0.191. The van der Waals surface area contributed by atoms with Crippen molar-refractivity contribution in [3.63, 3.8) is 0 Å². The first-order valence-corrected chi connectivity index (χ1v) is 7.50. The summed E-state index contributed by atoms with van der Waals surface area (Å²) >= 11 is 0. The number of esters is 1. The Kier molecular flexibility index (Phi) is 4.33. The third-order valence-electron chi connectivity index (χ3n) is 3.78. The third-order valence-corrected chi connectivity index (χ3v) is 3.78. The number of furan rings is 1. The van der Waals surface area contributed by atoms with E-state index in [0.29, 0.717) is 23.5 Å². The Morgan fingerprint density at radius 2 is 1.79 bits per heavy atom. The van der Waals surface area contributed by atoms with Gasteiger partial charge in [0.15, 0.2) is 5.76 Å². The molecule has 1 amide bonds. The monoisotopic (exact) mass is 323 g/mol. The molecule has 3 rings (SSSR count). The number of benzene rings is 2. The van der Waals surface area contributed by atoms with E-state index in [2.05, 4.69) is 4.74 Å². The van der Waals surface area contributed by atoms with Crippen molar-refractivity contribution in [1.82, 2.24) is 4.90 Å². The van der Waals surface area contributed by atoms with Gasteiger partial charge in [-0.1, -0.05) is 30.3 Å². The number of fused-ring (bicyclic) bond motifs is 1. The zero-order chi connectivity index (χ0) is 17.1. The van der Waals surface area contributed by atoms with Crippen molar-refractivity contribution in [2.24, 2.45) is 0 Å². The third kappa shape index (κ3) is 3.15. The fourth-order valence-corrected chi connectivity index (χ4v) is 2.49. The Balaban J connectivity index is 1.72. The number of carbonyl (C=O) groups is 2. The van der Waals surface area contributed by atoms with Gasteiger partial charge in [0.05, 0.1) is 12.7 Å². The summed E-state index contributed by atoms with van der Waals surface area (Å²) in [5.74, 6) is -0.263. The van der Waals surface area contributed by atoms with Crippen molar-refractivity contribution < 1.29 is 18.7 Å². The molecule has 0 aliphatic rings. The SMILES string of the molecule is COC(=O)c1ccc(CN(C)C(=O)c2cc3ccccc3o2)cc1. The van der Waals surface area contributed by atoms with Gasteiger partial charge in [0.1, 0.15) is 5.58 Å². The summed E-state index contributed by atoms with van der Waals surface area (Å²) in [4.78, 5) is 25.5. The van der Waals surface area contributed by atoms with Crippen molar-refractivity contribution in [2.75, 3.05) is 14.2 Å². The van der Waals surface area contributed by atoms with E-state index in [1.165, 1.54) is 7.11 Å². The molecular weight excluding hydrogens is 306 g/mol. The average molecular weight is 323 g/mol. The molecule has 0 spiro atoms. The first kappa shape index (κ1) is 15.8. The van der Waals surface area contributed by atoms with E-state index in [1.54, 1.807) is 42.3 Å². The van der Waals surface area contributed by atoms with Crippen LogP contribution in [0.15, 0.2) is 59.0 Å². The van der Waals surface area contributed by atoms with Gasteiger partial charge < -0.3 is 14.1 Å². The average Bonchev–Trinajstić information content (AvgIpc) is 3.05. The lowest BCUT2D eigenvalue weighted by Crippen LogP contribution is -2.25. The standard InChI is InChI=1S/C19H17NO4/c1-20(12-13-7-9-14(10-8-13)19(22)23-2)18(21)17-11-15-5-3-4-6-16(15)24-17/h3-11H,12H2,1-2H3. The number of para-hydroxylation sites is 1. The summed E-state index contributed by atoms with van der Waals surface area (Å²) in [5, 5.41) is 0.900. The molecule has 0 aliphatic carbocycles. The molecule has 3 aromatic rings. The molecule has 0 N–H and O–H groups in total. The van der Waals surface area contributed by atoms with E-state index in [-0.39, 0.29) is 11.9 Å². The van der Waals surface area contributed by atoms with Crippen LogP contribution in [0.3, 0.4) is 0 Å². The Morgan fingerprint density at radius 3 is 2.46 bits per heavy atom. The van der Waals surface area contributed by atoms with E-state index in [1.807, 2.05) is 24.3 Å². The lowest BCUT2D eigenvalue weighted by Gasteiger charge is -2.15. The van der Waals surface area contributed by atoms with Crippen LogP contribution in [0.25, 0.3) is 11.0 Å². The largest absolute Gasteiger partial charge is 0.465 e. The molecular formula is C19H17NO4. The number of methoxy groups -OCH3 is 1. The second-order valence-electron chi connectivity index (χ2n) is 5.50. The maximum Gasteiger partial charge on any atom is 0.337 e. The Bertz CT molecular complexity index is 847. The topological polar surface area (TPSA) is 59.8 Å². The van der Waals surface area contributed by atoms with Crippen LogP contribution in [0.4, 0.5) is 0 Å². The van der Waals surface area contributed by atoms with Crippen LogP contribution in [-0.4, -0.2) is 30.9 Å². The summed E-state index contributed by atoms with van der Waals surface area (Å²) in [6.07, 6.45) is 0. The van der Waals surface area contributed by atoms with Gasteiger partial charge in [-0.15, -0.1) is 0 Å². The molecule has 0 unspecified atom stereocenters. The fraction of sp³-hybridized carbons (Fsp3) is 0.158.